The van der Waals surface area contributed by atoms with Crippen molar-refractivity contribution in [1.82, 2.24) is 0 Å². The molecule has 0 spiro atoms. The summed E-state index contributed by atoms with van der Waals surface area (Å²) in [6.07, 6.45) is 44.4. The molecule has 0 unspecified atom stereocenters. The zero-order valence-electron chi connectivity index (χ0n) is 26.5. The average Bonchev–Trinajstić information content (AvgIpc) is 3.38. The normalized spacial score (nSPS) is 15.1. The van der Waals surface area contributed by atoms with Gasteiger partial charge in [0.25, 0.3) is 0 Å². The van der Waals surface area contributed by atoms with Gasteiger partial charge in [-0.15, -0.1) is 0 Å². The summed E-state index contributed by atoms with van der Waals surface area (Å²) in [5, 5.41) is 0. The third-order valence-corrected chi connectivity index (χ3v) is 9.49. The van der Waals surface area contributed by atoms with E-state index in [1.165, 1.54) is 223 Å². The minimum Gasteiger partial charge on any atom is -0.324 e. The van der Waals surface area contributed by atoms with Crippen molar-refractivity contribution in [3.8, 4) is 0 Å². The third kappa shape index (κ3) is 22.5. The lowest BCUT2D eigenvalue weighted by molar-refractivity contribution is -0.917. The molecule has 0 atom stereocenters. The highest BCUT2D eigenvalue weighted by atomic mass is 15.4. The first-order valence-corrected chi connectivity index (χ1v) is 18.2. The Morgan fingerprint density at radius 1 is 0.297 bits per heavy atom. The molecule has 0 saturated carbocycles. The van der Waals surface area contributed by atoms with Crippen molar-refractivity contribution in [3.63, 3.8) is 0 Å². The maximum atomic E-state index is 2.31. The van der Waals surface area contributed by atoms with Crippen LogP contribution in [0, 0.1) is 0 Å². The highest BCUT2D eigenvalue weighted by Crippen LogP contribution is 2.23. The smallest absolute Gasteiger partial charge is 0.0788 e. The van der Waals surface area contributed by atoms with Gasteiger partial charge in [0, 0.05) is 12.8 Å². The van der Waals surface area contributed by atoms with Gasteiger partial charge >= 0.3 is 0 Å². The summed E-state index contributed by atoms with van der Waals surface area (Å²) in [6, 6.07) is 0. The SMILES string of the molecule is CCCCCCCCCCCCCCCCCC[N+]1(CCCCCCCCCCCCCC)CCCC1. The molecule has 1 saturated heterocycles. The number of nitrogens with zero attached hydrogens (tertiary/aromatic N) is 1. The Balaban J connectivity index is 1.87. The van der Waals surface area contributed by atoms with Gasteiger partial charge in [-0.05, 0) is 25.7 Å². The predicted molar refractivity (Wildman–Crippen MR) is 170 cm³/mol. The van der Waals surface area contributed by atoms with Gasteiger partial charge in [0.1, 0.15) is 0 Å². The molecule has 0 bridgehead atoms. The molecular formula is C36H74N+. The standard InChI is InChI=1S/C36H74N/c1-3-5-7-9-11-13-15-17-18-19-20-22-24-26-28-30-34-37(35-31-32-36-37)33-29-27-25-23-21-16-14-12-10-8-6-4-2/h3-36H2,1-2H3/q+1. The molecular weight excluding hydrogens is 446 g/mol. The molecule has 1 aliphatic rings. The van der Waals surface area contributed by atoms with Crippen molar-refractivity contribution in [2.24, 2.45) is 0 Å². The van der Waals surface area contributed by atoms with E-state index in [0.717, 1.165) is 0 Å². The Kier molecular flexibility index (Phi) is 26.0. The molecule has 0 aliphatic carbocycles. The fourth-order valence-electron chi connectivity index (χ4n) is 6.85. The molecule has 37 heavy (non-hydrogen) atoms. The summed E-state index contributed by atoms with van der Waals surface area (Å²) in [5.74, 6) is 0. The van der Waals surface area contributed by atoms with E-state index in [4.69, 9.17) is 0 Å². The maximum absolute atomic E-state index is 2.31. The Morgan fingerprint density at radius 2 is 0.514 bits per heavy atom. The second-order valence-electron chi connectivity index (χ2n) is 13.1. The monoisotopic (exact) mass is 521 g/mol. The Morgan fingerprint density at radius 3 is 0.757 bits per heavy atom. The number of hydrogen-bond acceptors (Lipinski definition) is 0. The molecule has 1 aliphatic heterocycles. The molecule has 0 aromatic carbocycles. The van der Waals surface area contributed by atoms with Crippen molar-refractivity contribution in [2.75, 3.05) is 26.2 Å². The third-order valence-electron chi connectivity index (χ3n) is 9.49. The molecule has 1 heterocycles. The van der Waals surface area contributed by atoms with Crippen LogP contribution in [-0.4, -0.2) is 30.7 Å². The van der Waals surface area contributed by atoms with Gasteiger partial charge < -0.3 is 4.48 Å². The fourth-order valence-corrected chi connectivity index (χ4v) is 6.85. The molecule has 1 nitrogen and oxygen atoms in total. The van der Waals surface area contributed by atoms with Crippen LogP contribution < -0.4 is 0 Å². The number of quaternary nitrogens is 1. The lowest BCUT2D eigenvalue weighted by atomic mass is 10.0. The van der Waals surface area contributed by atoms with Crippen LogP contribution >= 0.6 is 0 Å². The maximum Gasteiger partial charge on any atom is 0.0788 e. The fraction of sp³-hybridized carbons (Fsp3) is 1.00. The van der Waals surface area contributed by atoms with E-state index >= 15 is 0 Å². The molecule has 0 aromatic rings. The molecule has 222 valence electrons. The van der Waals surface area contributed by atoms with Crippen molar-refractivity contribution in [2.45, 2.75) is 206 Å². The van der Waals surface area contributed by atoms with Crippen molar-refractivity contribution in [1.29, 1.82) is 0 Å². The summed E-state index contributed by atoms with van der Waals surface area (Å²) >= 11 is 0. The molecule has 0 aromatic heterocycles. The van der Waals surface area contributed by atoms with Crippen LogP contribution in [0.2, 0.25) is 0 Å². The molecule has 0 N–H and O–H groups in total. The minimum absolute atomic E-state index is 1.37. The van der Waals surface area contributed by atoms with E-state index in [1.54, 1.807) is 0 Å². The van der Waals surface area contributed by atoms with Crippen LogP contribution in [0.15, 0.2) is 0 Å². The van der Waals surface area contributed by atoms with E-state index in [9.17, 15) is 0 Å². The second kappa shape index (κ2) is 27.5. The second-order valence-corrected chi connectivity index (χ2v) is 13.1. The zero-order chi connectivity index (χ0) is 26.5. The van der Waals surface area contributed by atoms with Gasteiger partial charge in [-0.2, -0.15) is 0 Å². The van der Waals surface area contributed by atoms with Crippen LogP contribution in [-0.2, 0) is 0 Å². The van der Waals surface area contributed by atoms with E-state index < -0.39 is 0 Å². The largest absolute Gasteiger partial charge is 0.324 e. The Bertz CT molecular complexity index is 424. The van der Waals surface area contributed by atoms with Gasteiger partial charge in [0.2, 0.25) is 0 Å². The number of likely N-dealkylation sites (tertiary alicyclic amines) is 1. The van der Waals surface area contributed by atoms with Crippen molar-refractivity contribution in [3.05, 3.63) is 0 Å². The topological polar surface area (TPSA) is 0 Å². The van der Waals surface area contributed by atoms with E-state index in [2.05, 4.69) is 13.8 Å². The van der Waals surface area contributed by atoms with Crippen LogP contribution in [0.25, 0.3) is 0 Å². The van der Waals surface area contributed by atoms with E-state index in [1.807, 2.05) is 0 Å². The van der Waals surface area contributed by atoms with Crippen LogP contribution in [0.5, 0.6) is 0 Å². The summed E-state index contributed by atoms with van der Waals surface area (Å²) in [7, 11) is 0. The lowest BCUT2D eigenvalue weighted by Crippen LogP contribution is -2.46. The van der Waals surface area contributed by atoms with E-state index in [0.29, 0.717) is 0 Å². The Hall–Kier alpha value is -0.0400. The highest BCUT2D eigenvalue weighted by molar-refractivity contribution is 4.58. The van der Waals surface area contributed by atoms with Gasteiger partial charge in [-0.25, -0.2) is 0 Å². The first kappa shape index (κ1) is 35.0. The van der Waals surface area contributed by atoms with Crippen molar-refractivity contribution >= 4 is 0 Å². The Labute approximate surface area is 236 Å². The van der Waals surface area contributed by atoms with Gasteiger partial charge in [0.15, 0.2) is 0 Å². The van der Waals surface area contributed by atoms with Gasteiger partial charge in [0.05, 0.1) is 26.2 Å². The zero-order valence-corrected chi connectivity index (χ0v) is 26.5. The van der Waals surface area contributed by atoms with Crippen LogP contribution in [0.3, 0.4) is 0 Å². The molecule has 0 amide bonds. The molecule has 1 fully saturated rings. The van der Waals surface area contributed by atoms with Crippen LogP contribution in [0.1, 0.15) is 206 Å². The number of rotatable bonds is 30. The number of unbranched alkanes of at least 4 members (excludes halogenated alkanes) is 26. The molecule has 1 rings (SSSR count). The first-order valence-electron chi connectivity index (χ1n) is 18.2. The van der Waals surface area contributed by atoms with Gasteiger partial charge in [-0.3, -0.25) is 0 Å². The summed E-state index contributed by atoms with van der Waals surface area (Å²) in [6.45, 7) is 10.6. The number of hydrogen-bond donors (Lipinski definition) is 0. The molecule has 0 radical (unpaired) electrons. The van der Waals surface area contributed by atoms with Gasteiger partial charge in [-0.1, -0.05) is 168 Å². The lowest BCUT2D eigenvalue weighted by Gasteiger charge is -2.34. The average molecular weight is 521 g/mol. The highest BCUT2D eigenvalue weighted by Gasteiger charge is 2.30. The predicted octanol–water partition coefficient (Wildman–Crippen LogP) is 12.6. The summed E-state index contributed by atoms with van der Waals surface area (Å²) in [5.41, 5.74) is 0. The quantitative estimate of drug-likeness (QED) is 0.0652. The minimum atomic E-state index is 1.37. The first-order chi connectivity index (χ1) is 18.3. The van der Waals surface area contributed by atoms with E-state index in [-0.39, 0.29) is 0 Å². The molecule has 1 heteroatoms. The van der Waals surface area contributed by atoms with Crippen molar-refractivity contribution < 1.29 is 4.48 Å². The van der Waals surface area contributed by atoms with Crippen LogP contribution in [0.4, 0.5) is 0 Å². The summed E-state index contributed by atoms with van der Waals surface area (Å²) < 4.78 is 1.50. The summed E-state index contributed by atoms with van der Waals surface area (Å²) in [4.78, 5) is 0.